The van der Waals surface area contributed by atoms with E-state index in [1.165, 1.54) is 0 Å². The number of nitrogens with two attached hydrogens (primary N) is 1. The van der Waals surface area contributed by atoms with E-state index in [9.17, 15) is 0 Å². The highest BCUT2D eigenvalue weighted by atomic mass is 16.7. The van der Waals surface area contributed by atoms with Gasteiger partial charge in [-0.3, -0.25) is 0 Å². The Kier molecular flexibility index (Phi) is 3.12. The van der Waals surface area contributed by atoms with Crippen LogP contribution >= 0.6 is 0 Å². The maximum absolute atomic E-state index is 6.09. The number of rotatable bonds is 1. The van der Waals surface area contributed by atoms with E-state index in [2.05, 4.69) is 27.7 Å². The zero-order chi connectivity index (χ0) is 14.5. The van der Waals surface area contributed by atoms with Crippen molar-refractivity contribution in [2.24, 2.45) is 5.73 Å². The fourth-order valence-corrected chi connectivity index (χ4v) is 2.56. The highest BCUT2D eigenvalue weighted by Crippen LogP contribution is 2.37. The van der Waals surface area contributed by atoms with Crippen LogP contribution in [0, 0.1) is 0 Å². The molecule has 20 heavy (non-hydrogen) atoms. The Morgan fingerprint density at radius 1 is 1.15 bits per heavy atom. The molecule has 2 aliphatic rings. The molecule has 0 radical (unpaired) electrons. The number of hydrogen-bond donors (Lipinski definition) is 1. The minimum Gasteiger partial charge on any atom is -0.493 e. The van der Waals surface area contributed by atoms with Crippen LogP contribution in [0.4, 0.5) is 0 Å². The second-order valence-electron chi connectivity index (χ2n) is 6.63. The molecule has 1 unspecified atom stereocenters. The van der Waals surface area contributed by atoms with Crippen molar-refractivity contribution in [1.29, 1.82) is 0 Å². The smallest absolute Gasteiger partial charge is 0.493 e. The first kappa shape index (κ1) is 13.9. The molecule has 0 bridgehead atoms. The van der Waals surface area contributed by atoms with E-state index in [-0.39, 0.29) is 24.4 Å². The van der Waals surface area contributed by atoms with Crippen LogP contribution in [0.25, 0.3) is 0 Å². The maximum atomic E-state index is 6.09. The van der Waals surface area contributed by atoms with Crippen LogP contribution in [-0.2, 0) is 9.31 Å². The number of ether oxygens (including phenoxy) is 1. The third-order valence-corrected chi connectivity index (χ3v) is 4.65. The number of hydrogen-bond acceptors (Lipinski definition) is 4. The maximum Gasteiger partial charge on any atom is 0.494 e. The average Bonchev–Trinajstić information content (AvgIpc) is 2.58. The van der Waals surface area contributed by atoms with Crippen LogP contribution in [0.3, 0.4) is 0 Å². The molecule has 1 aromatic rings. The van der Waals surface area contributed by atoms with Crippen molar-refractivity contribution in [3.63, 3.8) is 0 Å². The van der Waals surface area contributed by atoms with E-state index < -0.39 is 0 Å². The lowest BCUT2D eigenvalue weighted by Gasteiger charge is -2.32. The van der Waals surface area contributed by atoms with Gasteiger partial charge in [-0.15, -0.1) is 0 Å². The quantitative estimate of drug-likeness (QED) is 0.794. The number of fused-ring (bicyclic) bond motifs is 1. The third kappa shape index (κ3) is 2.14. The Labute approximate surface area is 120 Å². The summed E-state index contributed by atoms with van der Waals surface area (Å²) in [6.07, 6.45) is 0.864. The van der Waals surface area contributed by atoms with Crippen molar-refractivity contribution in [2.45, 2.75) is 51.4 Å². The van der Waals surface area contributed by atoms with E-state index in [0.29, 0.717) is 6.61 Å². The summed E-state index contributed by atoms with van der Waals surface area (Å²) in [5.41, 5.74) is 7.49. The van der Waals surface area contributed by atoms with Crippen LogP contribution < -0.4 is 15.9 Å². The first-order valence-electron chi connectivity index (χ1n) is 7.18. The molecular formula is C15H22BNO3. The minimum absolute atomic E-state index is 0.0612. The standard InChI is InChI=1S/C15H22BNO3/c1-14(2)15(3,4)20-16(19-14)10-5-6-11-12(17)7-8-18-13(11)9-10/h5-6,9,12H,7-8,17H2,1-4H3. The van der Waals surface area contributed by atoms with Gasteiger partial charge < -0.3 is 19.8 Å². The lowest BCUT2D eigenvalue weighted by Crippen LogP contribution is -2.41. The lowest BCUT2D eigenvalue weighted by molar-refractivity contribution is 0.00578. The van der Waals surface area contributed by atoms with E-state index in [1.807, 2.05) is 18.2 Å². The molecule has 1 saturated heterocycles. The van der Waals surface area contributed by atoms with Gasteiger partial charge in [0, 0.05) is 18.0 Å². The molecule has 2 aliphatic heterocycles. The molecule has 3 rings (SSSR count). The van der Waals surface area contributed by atoms with Gasteiger partial charge in [0.1, 0.15) is 5.75 Å². The van der Waals surface area contributed by atoms with Crippen LogP contribution in [-0.4, -0.2) is 24.9 Å². The molecule has 0 spiro atoms. The Morgan fingerprint density at radius 3 is 2.45 bits per heavy atom. The van der Waals surface area contributed by atoms with Gasteiger partial charge in [0.05, 0.1) is 17.8 Å². The molecule has 1 aromatic carbocycles. The minimum atomic E-state index is -0.355. The molecular weight excluding hydrogens is 253 g/mol. The van der Waals surface area contributed by atoms with Gasteiger partial charge in [0.25, 0.3) is 0 Å². The predicted molar refractivity (Wildman–Crippen MR) is 79.2 cm³/mol. The summed E-state index contributed by atoms with van der Waals surface area (Å²) in [6.45, 7) is 8.88. The van der Waals surface area contributed by atoms with Gasteiger partial charge in [-0.1, -0.05) is 12.1 Å². The fraction of sp³-hybridized carbons (Fsp3) is 0.600. The highest BCUT2D eigenvalue weighted by molar-refractivity contribution is 6.62. The summed E-state index contributed by atoms with van der Waals surface area (Å²) in [5, 5.41) is 0. The molecule has 0 saturated carbocycles. The van der Waals surface area contributed by atoms with Crippen LogP contribution in [0.5, 0.6) is 5.75 Å². The average molecular weight is 275 g/mol. The molecule has 108 valence electrons. The van der Waals surface area contributed by atoms with Gasteiger partial charge in [0.2, 0.25) is 0 Å². The molecule has 5 heteroatoms. The second kappa shape index (κ2) is 4.48. The van der Waals surface area contributed by atoms with Gasteiger partial charge in [-0.05, 0) is 39.2 Å². The van der Waals surface area contributed by atoms with Crippen molar-refractivity contribution in [3.05, 3.63) is 23.8 Å². The van der Waals surface area contributed by atoms with E-state index in [0.717, 1.165) is 23.2 Å². The molecule has 2 heterocycles. The van der Waals surface area contributed by atoms with Gasteiger partial charge in [-0.2, -0.15) is 0 Å². The zero-order valence-corrected chi connectivity index (χ0v) is 12.6. The normalized spacial score (nSPS) is 27.1. The summed E-state index contributed by atoms with van der Waals surface area (Å²) in [7, 11) is -0.355. The Hall–Kier alpha value is -1.04. The van der Waals surface area contributed by atoms with E-state index >= 15 is 0 Å². The Morgan fingerprint density at radius 2 is 1.80 bits per heavy atom. The van der Waals surface area contributed by atoms with Gasteiger partial charge >= 0.3 is 7.12 Å². The second-order valence-corrected chi connectivity index (χ2v) is 6.63. The van der Waals surface area contributed by atoms with Crippen molar-refractivity contribution in [3.8, 4) is 5.75 Å². The SMILES string of the molecule is CC1(C)OB(c2ccc3c(c2)OCCC3N)OC1(C)C. The summed E-state index contributed by atoms with van der Waals surface area (Å²) < 4.78 is 17.8. The fourth-order valence-electron chi connectivity index (χ4n) is 2.56. The molecule has 2 N–H and O–H groups in total. The first-order valence-corrected chi connectivity index (χ1v) is 7.18. The largest absolute Gasteiger partial charge is 0.494 e. The topological polar surface area (TPSA) is 53.7 Å². The first-order chi connectivity index (χ1) is 9.30. The molecule has 0 amide bonds. The number of benzene rings is 1. The van der Waals surface area contributed by atoms with Gasteiger partial charge in [0.15, 0.2) is 0 Å². The van der Waals surface area contributed by atoms with Crippen LogP contribution in [0.15, 0.2) is 18.2 Å². The zero-order valence-electron chi connectivity index (χ0n) is 12.6. The van der Waals surface area contributed by atoms with Gasteiger partial charge in [-0.25, -0.2) is 0 Å². The van der Waals surface area contributed by atoms with E-state index in [1.54, 1.807) is 0 Å². The molecule has 0 aliphatic carbocycles. The lowest BCUT2D eigenvalue weighted by atomic mass is 9.78. The van der Waals surface area contributed by atoms with Crippen molar-refractivity contribution >= 4 is 12.6 Å². The van der Waals surface area contributed by atoms with Crippen LogP contribution in [0.1, 0.15) is 45.7 Å². The Balaban J connectivity index is 1.90. The van der Waals surface area contributed by atoms with Crippen LogP contribution in [0.2, 0.25) is 0 Å². The monoisotopic (exact) mass is 275 g/mol. The third-order valence-electron chi connectivity index (χ3n) is 4.65. The summed E-state index contributed by atoms with van der Waals surface area (Å²) in [4.78, 5) is 0. The molecule has 1 fully saturated rings. The predicted octanol–water partition coefficient (Wildman–Crippen LogP) is 1.77. The summed E-state index contributed by atoms with van der Waals surface area (Å²) in [6, 6.07) is 6.11. The summed E-state index contributed by atoms with van der Waals surface area (Å²) in [5.74, 6) is 0.857. The van der Waals surface area contributed by atoms with Crippen molar-refractivity contribution in [2.75, 3.05) is 6.61 Å². The highest BCUT2D eigenvalue weighted by Gasteiger charge is 2.51. The molecule has 0 aromatic heterocycles. The Bertz CT molecular complexity index is 514. The van der Waals surface area contributed by atoms with Crippen molar-refractivity contribution in [1.82, 2.24) is 0 Å². The molecule has 4 nitrogen and oxygen atoms in total. The van der Waals surface area contributed by atoms with Crippen molar-refractivity contribution < 1.29 is 14.0 Å². The summed E-state index contributed by atoms with van der Waals surface area (Å²) >= 11 is 0. The molecule has 1 atom stereocenters. The van der Waals surface area contributed by atoms with E-state index in [4.69, 9.17) is 19.8 Å².